The lowest BCUT2D eigenvalue weighted by Crippen LogP contribution is -2.49. The lowest BCUT2D eigenvalue weighted by atomic mass is 9.53. The van der Waals surface area contributed by atoms with Crippen molar-refractivity contribution in [1.29, 1.82) is 0 Å². The first-order valence-electron chi connectivity index (χ1n) is 8.28. The number of hydrogen-bond acceptors (Lipinski definition) is 3. The Morgan fingerprint density at radius 1 is 1.36 bits per heavy atom. The summed E-state index contributed by atoms with van der Waals surface area (Å²) in [5.74, 6) is 0.0904. The molecule has 0 radical (unpaired) electrons. The highest BCUT2D eigenvalue weighted by Crippen LogP contribution is 2.67. The molecule has 2 saturated carbocycles. The second kappa shape index (κ2) is 4.67. The van der Waals surface area contributed by atoms with Crippen LogP contribution >= 0.6 is 0 Å². The fraction of sp³-hybridized carbons (Fsp3) is 0.778. The van der Waals surface area contributed by atoms with Gasteiger partial charge in [0.25, 0.3) is 0 Å². The standard InChI is InChI=1S/C18H26O4/c1-11-12-8-16(2,22)10-18(9-12)7-4-13(19)17(3,15(11)18)6-5-14(20)21/h4,7,11-12,15,22H,5-6,8-10H2,1-3H3,(H,20,21)/t11?,12?,15?,16?,17-,18?/m1/s1. The largest absolute Gasteiger partial charge is 0.481 e. The molecule has 1 spiro atoms. The molecule has 3 rings (SSSR count). The molecule has 122 valence electrons. The summed E-state index contributed by atoms with van der Waals surface area (Å²) in [6.45, 7) is 6.03. The monoisotopic (exact) mass is 306 g/mol. The zero-order valence-corrected chi connectivity index (χ0v) is 13.6. The molecule has 0 aromatic rings. The number of aliphatic hydroxyl groups is 1. The van der Waals surface area contributed by atoms with E-state index in [1.165, 1.54) is 0 Å². The molecule has 2 fully saturated rings. The molecule has 3 aliphatic carbocycles. The number of carboxylic acids is 1. The lowest BCUT2D eigenvalue weighted by molar-refractivity contribution is -0.140. The maximum Gasteiger partial charge on any atom is 0.303 e. The zero-order chi connectivity index (χ0) is 16.3. The Bertz CT molecular complexity index is 549. The molecule has 22 heavy (non-hydrogen) atoms. The summed E-state index contributed by atoms with van der Waals surface area (Å²) in [4.78, 5) is 23.6. The van der Waals surface area contributed by atoms with E-state index in [1.54, 1.807) is 6.08 Å². The molecule has 5 unspecified atom stereocenters. The van der Waals surface area contributed by atoms with Gasteiger partial charge < -0.3 is 10.2 Å². The average Bonchev–Trinajstić information content (AvgIpc) is 2.60. The minimum Gasteiger partial charge on any atom is -0.481 e. The van der Waals surface area contributed by atoms with Gasteiger partial charge in [-0.15, -0.1) is 0 Å². The van der Waals surface area contributed by atoms with E-state index in [1.807, 2.05) is 19.9 Å². The van der Waals surface area contributed by atoms with Crippen molar-refractivity contribution in [2.24, 2.45) is 28.6 Å². The van der Waals surface area contributed by atoms with Gasteiger partial charge in [0.05, 0.1) is 5.60 Å². The lowest BCUT2D eigenvalue weighted by Gasteiger charge is -2.50. The topological polar surface area (TPSA) is 74.6 Å². The van der Waals surface area contributed by atoms with Crippen LogP contribution in [0.3, 0.4) is 0 Å². The Balaban J connectivity index is 2.03. The summed E-state index contributed by atoms with van der Waals surface area (Å²) in [6.07, 6.45) is 6.58. The van der Waals surface area contributed by atoms with Crippen molar-refractivity contribution in [1.82, 2.24) is 0 Å². The number of carbonyl (C=O) groups is 2. The third-order valence-electron chi connectivity index (χ3n) is 6.62. The molecule has 0 heterocycles. The number of ketones is 1. The molecule has 0 aromatic carbocycles. The van der Waals surface area contributed by atoms with Crippen molar-refractivity contribution in [3.8, 4) is 0 Å². The highest BCUT2D eigenvalue weighted by Gasteiger charge is 2.64. The van der Waals surface area contributed by atoms with Gasteiger partial charge >= 0.3 is 5.97 Å². The van der Waals surface area contributed by atoms with Gasteiger partial charge in [-0.2, -0.15) is 0 Å². The highest BCUT2D eigenvalue weighted by atomic mass is 16.4. The van der Waals surface area contributed by atoms with E-state index < -0.39 is 17.0 Å². The van der Waals surface area contributed by atoms with Crippen LogP contribution in [0.15, 0.2) is 12.2 Å². The van der Waals surface area contributed by atoms with Crippen LogP contribution in [0.25, 0.3) is 0 Å². The Morgan fingerprint density at radius 2 is 2.05 bits per heavy atom. The normalized spacial score (nSPS) is 50.0. The number of aliphatic carboxylic acids is 1. The number of carbonyl (C=O) groups excluding carboxylic acids is 1. The van der Waals surface area contributed by atoms with Gasteiger partial charge in [0.2, 0.25) is 0 Å². The third-order valence-corrected chi connectivity index (χ3v) is 6.62. The Kier molecular flexibility index (Phi) is 3.34. The molecular formula is C18H26O4. The fourth-order valence-electron chi connectivity index (χ4n) is 6.06. The van der Waals surface area contributed by atoms with Crippen LogP contribution in [0.2, 0.25) is 0 Å². The first kappa shape index (κ1) is 15.7. The van der Waals surface area contributed by atoms with Gasteiger partial charge in [0, 0.05) is 11.8 Å². The van der Waals surface area contributed by atoms with Crippen LogP contribution in [0.5, 0.6) is 0 Å². The minimum absolute atomic E-state index is 0.0242. The molecule has 0 amide bonds. The van der Waals surface area contributed by atoms with Crippen LogP contribution in [-0.2, 0) is 9.59 Å². The van der Waals surface area contributed by atoms with Crippen molar-refractivity contribution < 1.29 is 19.8 Å². The average molecular weight is 306 g/mol. The summed E-state index contributed by atoms with van der Waals surface area (Å²) < 4.78 is 0. The SMILES string of the molecule is CC1C2CC(C)(O)CC3(C=CC(=O)[C@@](C)(CCC(=O)O)C13)C2. The van der Waals surface area contributed by atoms with E-state index in [0.29, 0.717) is 24.7 Å². The Labute approximate surface area is 131 Å². The highest BCUT2D eigenvalue weighted by molar-refractivity contribution is 5.96. The number of rotatable bonds is 3. The van der Waals surface area contributed by atoms with Gasteiger partial charge in [-0.25, -0.2) is 0 Å². The predicted molar refractivity (Wildman–Crippen MR) is 82.2 cm³/mol. The van der Waals surface area contributed by atoms with Crippen LogP contribution < -0.4 is 0 Å². The van der Waals surface area contributed by atoms with E-state index in [4.69, 9.17) is 5.11 Å². The predicted octanol–water partition coefficient (Wildman–Crippen LogP) is 2.80. The van der Waals surface area contributed by atoms with E-state index >= 15 is 0 Å². The van der Waals surface area contributed by atoms with Crippen molar-refractivity contribution in [3.63, 3.8) is 0 Å². The summed E-state index contributed by atoms with van der Waals surface area (Å²) >= 11 is 0. The summed E-state index contributed by atoms with van der Waals surface area (Å²) in [6, 6.07) is 0. The van der Waals surface area contributed by atoms with Gasteiger partial charge in [-0.1, -0.05) is 19.9 Å². The molecule has 0 saturated heterocycles. The molecule has 4 nitrogen and oxygen atoms in total. The molecule has 0 aliphatic heterocycles. The van der Waals surface area contributed by atoms with Crippen molar-refractivity contribution >= 4 is 11.8 Å². The maximum absolute atomic E-state index is 12.6. The van der Waals surface area contributed by atoms with Crippen molar-refractivity contribution in [2.45, 2.75) is 58.5 Å². The summed E-state index contributed by atoms with van der Waals surface area (Å²) in [7, 11) is 0. The molecule has 0 aromatic heterocycles. The van der Waals surface area contributed by atoms with Gasteiger partial charge in [-0.3, -0.25) is 9.59 Å². The van der Waals surface area contributed by atoms with Gasteiger partial charge in [-0.05, 0) is 61.9 Å². The van der Waals surface area contributed by atoms with Crippen molar-refractivity contribution in [3.05, 3.63) is 12.2 Å². The van der Waals surface area contributed by atoms with E-state index in [-0.39, 0.29) is 23.5 Å². The quantitative estimate of drug-likeness (QED) is 0.841. The molecule has 6 atom stereocenters. The first-order chi connectivity index (χ1) is 10.1. The van der Waals surface area contributed by atoms with Crippen LogP contribution in [0, 0.1) is 28.6 Å². The summed E-state index contributed by atoms with van der Waals surface area (Å²) in [5, 5.41) is 19.7. The van der Waals surface area contributed by atoms with Crippen molar-refractivity contribution in [2.75, 3.05) is 0 Å². The van der Waals surface area contributed by atoms with E-state index in [0.717, 1.165) is 12.8 Å². The second-order valence-corrected chi connectivity index (χ2v) is 8.42. The Hall–Kier alpha value is -1.16. The maximum atomic E-state index is 12.6. The molecular weight excluding hydrogens is 280 g/mol. The molecule has 2 bridgehead atoms. The second-order valence-electron chi connectivity index (χ2n) is 8.42. The van der Waals surface area contributed by atoms with Gasteiger partial charge in [0.1, 0.15) is 0 Å². The zero-order valence-electron chi connectivity index (χ0n) is 13.6. The van der Waals surface area contributed by atoms with Crippen LogP contribution in [0.1, 0.15) is 52.9 Å². The third kappa shape index (κ3) is 2.15. The number of allylic oxidation sites excluding steroid dienone is 2. The molecule has 4 heteroatoms. The smallest absolute Gasteiger partial charge is 0.303 e. The first-order valence-corrected chi connectivity index (χ1v) is 8.28. The minimum atomic E-state index is -0.849. The van der Waals surface area contributed by atoms with Gasteiger partial charge in [0.15, 0.2) is 5.78 Å². The summed E-state index contributed by atoms with van der Waals surface area (Å²) in [5.41, 5.74) is -1.46. The van der Waals surface area contributed by atoms with E-state index in [2.05, 4.69) is 6.92 Å². The number of hydrogen-bond donors (Lipinski definition) is 2. The fourth-order valence-corrected chi connectivity index (χ4v) is 6.06. The van der Waals surface area contributed by atoms with Crippen LogP contribution in [-0.4, -0.2) is 27.6 Å². The Morgan fingerprint density at radius 3 is 2.68 bits per heavy atom. The van der Waals surface area contributed by atoms with E-state index in [9.17, 15) is 14.7 Å². The number of fused-ring (bicyclic) bond motifs is 1. The number of carboxylic acid groups (broad SMARTS) is 1. The molecule has 2 N–H and O–H groups in total. The van der Waals surface area contributed by atoms with Crippen LogP contribution in [0.4, 0.5) is 0 Å². The molecule has 3 aliphatic rings.